The summed E-state index contributed by atoms with van der Waals surface area (Å²) in [6, 6.07) is 11.7. The van der Waals surface area contributed by atoms with Crippen LogP contribution in [0, 0.1) is 6.92 Å². The second-order valence-corrected chi connectivity index (χ2v) is 5.14. The molecule has 0 fully saturated rings. The van der Waals surface area contributed by atoms with Crippen LogP contribution in [0.2, 0.25) is 0 Å². The quantitative estimate of drug-likeness (QED) is 0.812. The molecular weight excluding hydrogens is 230 g/mol. The fourth-order valence-electron chi connectivity index (χ4n) is 1.62. The van der Waals surface area contributed by atoms with E-state index in [9.17, 15) is 4.79 Å². The first kappa shape index (κ1) is 11.9. The Balaban J connectivity index is 2.07. The Kier molecular flexibility index (Phi) is 3.59. The lowest BCUT2D eigenvalue weighted by Crippen LogP contribution is -2.25. The molecule has 0 unspecified atom stereocenters. The van der Waals surface area contributed by atoms with Crippen LogP contribution in [-0.4, -0.2) is 17.9 Å². The maximum atomic E-state index is 12.1. The van der Waals surface area contributed by atoms with Gasteiger partial charge in [-0.05, 0) is 30.5 Å². The molecule has 88 valence electrons. The van der Waals surface area contributed by atoms with Crippen LogP contribution in [-0.2, 0) is 6.54 Å². The highest BCUT2D eigenvalue weighted by atomic mass is 32.1. The molecule has 3 heteroatoms. The molecule has 2 aromatic rings. The van der Waals surface area contributed by atoms with Crippen molar-refractivity contribution < 1.29 is 4.79 Å². The van der Waals surface area contributed by atoms with Crippen molar-refractivity contribution >= 4 is 17.2 Å². The summed E-state index contributed by atoms with van der Waals surface area (Å²) in [5.74, 6) is 0.0680. The number of hydrogen-bond acceptors (Lipinski definition) is 2. The van der Waals surface area contributed by atoms with Gasteiger partial charge < -0.3 is 4.90 Å². The Hall–Kier alpha value is -1.61. The number of carbonyl (C=O) groups excluding carboxylic acids is 1. The van der Waals surface area contributed by atoms with Gasteiger partial charge in [0.15, 0.2) is 0 Å². The van der Waals surface area contributed by atoms with Crippen molar-refractivity contribution in [2.45, 2.75) is 13.5 Å². The predicted octanol–water partition coefficient (Wildman–Crippen LogP) is 3.33. The van der Waals surface area contributed by atoms with E-state index in [1.165, 1.54) is 10.4 Å². The minimum atomic E-state index is 0.0680. The number of benzene rings is 1. The van der Waals surface area contributed by atoms with Crippen LogP contribution in [0.3, 0.4) is 0 Å². The highest BCUT2D eigenvalue weighted by molar-refractivity contribution is 7.09. The van der Waals surface area contributed by atoms with Gasteiger partial charge in [-0.25, -0.2) is 0 Å². The van der Waals surface area contributed by atoms with E-state index in [0.29, 0.717) is 6.54 Å². The molecule has 1 heterocycles. The highest BCUT2D eigenvalue weighted by Crippen LogP contribution is 2.13. The summed E-state index contributed by atoms with van der Waals surface area (Å²) in [6.07, 6.45) is 0. The molecule has 0 aliphatic heterocycles. The molecule has 1 aromatic heterocycles. The van der Waals surface area contributed by atoms with E-state index in [0.717, 1.165) is 5.56 Å². The van der Waals surface area contributed by atoms with Crippen molar-refractivity contribution in [2.24, 2.45) is 0 Å². The minimum Gasteiger partial charge on any atom is -0.337 e. The average Bonchev–Trinajstić information content (AvgIpc) is 2.82. The summed E-state index contributed by atoms with van der Waals surface area (Å²) in [5, 5.41) is 2.03. The Morgan fingerprint density at radius 3 is 2.53 bits per heavy atom. The SMILES string of the molecule is Cc1ccc(C(=O)N(C)Cc2cccs2)cc1. The molecule has 1 aromatic carbocycles. The lowest BCUT2D eigenvalue weighted by Gasteiger charge is -2.16. The molecule has 0 N–H and O–H groups in total. The van der Waals surface area contributed by atoms with Crippen LogP contribution >= 0.6 is 11.3 Å². The van der Waals surface area contributed by atoms with Gasteiger partial charge in [-0.3, -0.25) is 4.79 Å². The van der Waals surface area contributed by atoms with Crippen molar-refractivity contribution in [3.05, 3.63) is 57.8 Å². The van der Waals surface area contributed by atoms with Crippen LogP contribution in [0.5, 0.6) is 0 Å². The minimum absolute atomic E-state index is 0.0680. The van der Waals surface area contributed by atoms with Gasteiger partial charge in [0.2, 0.25) is 0 Å². The Bertz CT molecular complexity index is 487. The largest absolute Gasteiger partial charge is 0.337 e. The summed E-state index contributed by atoms with van der Waals surface area (Å²) >= 11 is 1.67. The zero-order valence-electron chi connectivity index (χ0n) is 10.0. The fraction of sp³-hybridized carbons (Fsp3) is 0.214. The van der Waals surface area contributed by atoms with Crippen molar-refractivity contribution in [1.29, 1.82) is 0 Å². The summed E-state index contributed by atoms with van der Waals surface area (Å²) in [6.45, 7) is 2.69. The van der Waals surface area contributed by atoms with Gasteiger partial charge in [-0.1, -0.05) is 23.8 Å². The molecular formula is C14H15NOS. The molecule has 0 saturated carbocycles. The molecule has 0 radical (unpaired) electrons. The van der Waals surface area contributed by atoms with E-state index in [1.54, 1.807) is 16.2 Å². The maximum Gasteiger partial charge on any atom is 0.253 e. The van der Waals surface area contributed by atoms with E-state index < -0.39 is 0 Å². The Morgan fingerprint density at radius 2 is 1.94 bits per heavy atom. The van der Waals surface area contributed by atoms with Gasteiger partial charge in [0.05, 0.1) is 6.54 Å². The first-order valence-electron chi connectivity index (χ1n) is 5.51. The number of aryl methyl sites for hydroxylation is 1. The second-order valence-electron chi connectivity index (χ2n) is 4.11. The van der Waals surface area contributed by atoms with Crippen LogP contribution in [0.15, 0.2) is 41.8 Å². The van der Waals surface area contributed by atoms with E-state index in [-0.39, 0.29) is 5.91 Å². The Labute approximate surface area is 106 Å². The van der Waals surface area contributed by atoms with Crippen molar-refractivity contribution in [3.8, 4) is 0 Å². The van der Waals surface area contributed by atoms with Gasteiger partial charge in [0.1, 0.15) is 0 Å². The predicted molar refractivity (Wildman–Crippen MR) is 71.3 cm³/mol. The molecule has 1 amide bonds. The molecule has 2 rings (SSSR count). The van der Waals surface area contributed by atoms with Crippen molar-refractivity contribution in [3.63, 3.8) is 0 Å². The number of amides is 1. The molecule has 0 saturated heterocycles. The topological polar surface area (TPSA) is 20.3 Å². The lowest BCUT2D eigenvalue weighted by molar-refractivity contribution is 0.0786. The summed E-state index contributed by atoms with van der Waals surface area (Å²) in [4.78, 5) is 15.1. The van der Waals surface area contributed by atoms with Crippen LogP contribution in [0.4, 0.5) is 0 Å². The standard InChI is InChI=1S/C14H15NOS/c1-11-5-7-12(8-6-11)14(16)15(2)10-13-4-3-9-17-13/h3-9H,10H2,1-2H3. The third-order valence-electron chi connectivity index (χ3n) is 2.62. The van der Waals surface area contributed by atoms with Crippen LogP contribution in [0.1, 0.15) is 20.8 Å². The van der Waals surface area contributed by atoms with E-state index in [4.69, 9.17) is 0 Å². The maximum absolute atomic E-state index is 12.1. The number of rotatable bonds is 3. The molecule has 2 nitrogen and oxygen atoms in total. The second kappa shape index (κ2) is 5.15. The highest BCUT2D eigenvalue weighted by Gasteiger charge is 2.11. The van der Waals surface area contributed by atoms with E-state index in [1.807, 2.05) is 55.7 Å². The van der Waals surface area contributed by atoms with Crippen LogP contribution in [0.25, 0.3) is 0 Å². The average molecular weight is 245 g/mol. The van der Waals surface area contributed by atoms with Gasteiger partial charge in [-0.2, -0.15) is 0 Å². The summed E-state index contributed by atoms with van der Waals surface area (Å²) < 4.78 is 0. The molecule has 17 heavy (non-hydrogen) atoms. The lowest BCUT2D eigenvalue weighted by atomic mass is 10.1. The number of thiophene rings is 1. The number of hydrogen-bond donors (Lipinski definition) is 0. The molecule has 0 aliphatic carbocycles. The zero-order chi connectivity index (χ0) is 12.3. The van der Waals surface area contributed by atoms with Gasteiger partial charge in [-0.15, -0.1) is 11.3 Å². The van der Waals surface area contributed by atoms with Gasteiger partial charge >= 0.3 is 0 Å². The van der Waals surface area contributed by atoms with Crippen LogP contribution < -0.4 is 0 Å². The van der Waals surface area contributed by atoms with Gasteiger partial charge in [0, 0.05) is 17.5 Å². The van der Waals surface area contributed by atoms with Crippen molar-refractivity contribution in [2.75, 3.05) is 7.05 Å². The third kappa shape index (κ3) is 2.94. The Morgan fingerprint density at radius 1 is 1.24 bits per heavy atom. The van der Waals surface area contributed by atoms with Crippen molar-refractivity contribution in [1.82, 2.24) is 4.90 Å². The number of nitrogens with zero attached hydrogens (tertiary/aromatic N) is 1. The smallest absolute Gasteiger partial charge is 0.253 e. The zero-order valence-corrected chi connectivity index (χ0v) is 10.8. The first-order valence-corrected chi connectivity index (χ1v) is 6.39. The number of carbonyl (C=O) groups is 1. The summed E-state index contributed by atoms with van der Waals surface area (Å²) in [5.41, 5.74) is 1.91. The molecule has 0 bridgehead atoms. The van der Waals surface area contributed by atoms with E-state index >= 15 is 0 Å². The first-order chi connectivity index (χ1) is 8.16. The summed E-state index contributed by atoms with van der Waals surface area (Å²) in [7, 11) is 1.84. The normalized spacial score (nSPS) is 10.2. The fourth-order valence-corrected chi connectivity index (χ4v) is 2.38. The van der Waals surface area contributed by atoms with Gasteiger partial charge in [0.25, 0.3) is 5.91 Å². The molecule has 0 atom stereocenters. The molecule has 0 aliphatic rings. The molecule has 0 spiro atoms. The third-order valence-corrected chi connectivity index (χ3v) is 3.48. The van der Waals surface area contributed by atoms with E-state index in [2.05, 4.69) is 0 Å². The monoisotopic (exact) mass is 245 g/mol.